The lowest BCUT2D eigenvalue weighted by atomic mass is 10.1. The van der Waals surface area contributed by atoms with Crippen LogP contribution in [0.2, 0.25) is 0 Å². The fraction of sp³-hybridized carbons (Fsp3) is 0.273. The molecule has 1 aliphatic heterocycles. The summed E-state index contributed by atoms with van der Waals surface area (Å²) in [4.78, 5) is 0. The molecule has 0 radical (unpaired) electrons. The first-order chi connectivity index (χ1) is 5.92. The molecule has 0 N–H and O–H groups in total. The van der Waals surface area contributed by atoms with Gasteiger partial charge in [0.15, 0.2) is 0 Å². The van der Waals surface area contributed by atoms with Gasteiger partial charge < -0.3 is 4.74 Å². The molecular formula is C11H12O. The zero-order valence-electron chi connectivity index (χ0n) is 7.10. The fourth-order valence-electron chi connectivity index (χ4n) is 1.37. The molecule has 0 bridgehead atoms. The van der Waals surface area contributed by atoms with Crippen molar-refractivity contribution in [2.45, 2.75) is 19.1 Å². The van der Waals surface area contributed by atoms with Gasteiger partial charge in [-0.15, -0.1) is 0 Å². The largest absolute Gasteiger partial charge is 0.360 e. The third kappa shape index (κ3) is 1.41. The molecule has 1 fully saturated rings. The van der Waals surface area contributed by atoms with Gasteiger partial charge in [0, 0.05) is 0 Å². The Morgan fingerprint density at radius 1 is 1.25 bits per heavy atom. The average Bonchev–Trinajstić information content (AvgIpc) is 2.87. The maximum Gasteiger partial charge on any atom is 0.113 e. The molecule has 0 spiro atoms. The Kier molecular flexibility index (Phi) is 1.96. The van der Waals surface area contributed by atoms with Gasteiger partial charge in [0.1, 0.15) is 12.2 Å². The second-order valence-corrected chi connectivity index (χ2v) is 2.96. The quantitative estimate of drug-likeness (QED) is 0.478. The lowest BCUT2D eigenvalue weighted by Gasteiger charge is -1.91. The van der Waals surface area contributed by atoms with Crippen LogP contribution in [-0.4, -0.2) is 6.10 Å². The molecule has 1 aliphatic rings. The number of epoxide rings is 1. The van der Waals surface area contributed by atoms with Crippen LogP contribution in [0.15, 0.2) is 42.5 Å². The summed E-state index contributed by atoms with van der Waals surface area (Å²) < 4.78 is 5.46. The van der Waals surface area contributed by atoms with Gasteiger partial charge >= 0.3 is 0 Å². The number of hydrogen-bond acceptors (Lipinski definition) is 1. The standard InChI is InChI=1S/C11H12O/c1-2-6-10-11(12-10)9-7-4-3-5-8-9/h2-8,10-11H,1H3. The van der Waals surface area contributed by atoms with Gasteiger partial charge in [-0.2, -0.15) is 0 Å². The van der Waals surface area contributed by atoms with Gasteiger partial charge in [-0.25, -0.2) is 0 Å². The van der Waals surface area contributed by atoms with Crippen molar-refractivity contribution in [3.63, 3.8) is 0 Å². The van der Waals surface area contributed by atoms with Crippen molar-refractivity contribution in [3.8, 4) is 0 Å². The molecule has 62 valence electrons. The molecular weight excluding hydrogens is 148 g/mol. The third-order valence-electron chi connectivity index (χ3n) is 2.04. The highest BCUT2D eigenvalue weighted by Gasteiger charge is 2.37. The van der Waals surface area contributed by atoms with Crippen LogP contribution in [0, 0.1) is 0 Å². The Balaban J connectivity index is 2.06. The van der Waals surface area contributed by atoms with Gasteiger partial charge in [0.2, 0.25) is 0 Å². The van der Waals surface area contributed by atoms with Crippen LogP contribution in [0.4, 0.5) is 0 Å². The smallest absolute Gasteiger partial charge is 0.113 e. The lowest BCUT2D eigenvalue weighted by molar-refractivity contribution is 0.394. The van der Waals surface area contributed by atoms with E-state index < -0.39 is 0 Å². The van der Waals surface area contributed by atoms with E-state index >= 15 is 0 Å². The number of benzene rings is 1. The summed E-state index contributed by atoms with van der Waals surface area (Å²) in [6, 6.07) is 10.3. The predicted octanol–water partition coefficient (Wildman–Crippen LogP) is 2.70. The maximum atomic E-state index is 5.46. The fourth-order valence-corrected chi connectivity index (χ4v) is 1.37. The zero-order chi connectivity index (χ0) is 8.39. The topological polar surface area (TPSA) is 12.5 Å². The van der Waals surface area contributed by atoms with E-state index in [0.717, 1.165) is 0 Å². The van der Waals surface area contributed by atoms with E-state index in [0.29, 0.717) is 12.2 Å². The van der Waals surface area contributed by atoms with Crippen molar-refractivity contribution < 1.29 is 4.74 Å². The zero-order valence-corrected chi connectivity index (χ0v) is 7.10. The van der Waals surface area contributed by atoms with Gasteiger partial charge in [-0.3, -0.25) is 0 Å². The normalized spacial score (nSPS) is 27.8. The molecule has 0 amide bonds. The van der Waals surface area contributed by atoms with Crippen LogP contribution in [0.1, 0.15) is 18.6 Å². The minimum Gasteiger partial charge on any atom is -0.360 e. The number of allylic oxidation sites excluding steroid dienone is 1. The Labute approximate surface area is 72.7 Å². The number of rotatable bonds is 2. The van der Waals surface area contributed by atoms with E-state index in [2.05, 4.69) is 18.2 Å². The van der Waals surface area contributed by atoms with Crippen molar-refractivity contribution in [1.29, 1.82) is 0 Å². The van der Waals surface area contributed by atoms with Crippen LogP contribution in [-0.2, 0) is 4.74 Å². The highest BCUT2D eigenvalue weighted by Crippen LogP contribution is 2.39. The SMILES string of the molecule is CC=CC1OC1c1ccccc1. The molecule has 1 heteroatoms. The summed E-state index contributed by atoms with van der Waals surface area (Å²) in [5.74, 6) is 0. The van der Waals surface area contributed by atoms with Crippen molar-refractivity contribution in [2.24, 2.45) is 0 Å². The predicted molar refractivity (Wildman–Crippen MR) is 48.9 cm³/mol. The van der Waals surface area contributed by atoms with E-state index in [1.165, 1.54) is 5.56 Å². The van der Waals surface area contributed by atoms with Crippen LogP contribution < -0.4 is 0 Å². The van der Waals surface area contributed by atoms with Gasteiger partial charge in [-0.1, -0.05) is 42.5 Å². The molecule has 2 atom stereocenters. The molecule has 0 aromatic heterocycles. The monoisotopic (exact) mass is 160 g/mol. The summed E-state index contributed by atoms with van der Waals surface area (Å²) in [5.41, 5.74) is 1.28. The molecule has 1 aromatic carbocycles. The summed E-state index contributed by atoms with van der Waals surface area (Å²) in [6.45, 7) is 2.02. The summed E-state index contributed by atoms with van der Waals surface area (Å²) in [6.07, 6.45) is 4.76. The van der Waals surface area contributed by atoms with E-state index in [1.54, 1.807) is 0 Å². The van der Waals surface area contributed by atoms with Gasteiger partial charge in [0.25, 0.3) is 0 Å². The molecule has 1 nitrogen and oxygen atoms in total. The number of hydrogen-bond donors (Lipinski definition) is 0. The Morgan fingerprint density at radius 2 is 2.00 bits per heavy atom. The number of ether oxygens (including phenoxy) is 1. The summed E-state index contributed by atoms with van der Waals surface area (Å²) in [5, 5.41) is 0. The van der Waals surface area contributed by atoms with E-state index in [-0.39, 0.29) is 0 Å². The highest BCUT2D eigenvalue weighted by atomic mass is 16.6. The van der Waals surface area contributed by atoms with E-state index in [4.69, 9.17) is 4.74 Å². The van der Waals surface area contributed by atoms with Crippen LogP contribution in [0.25, 0.3) is 0 Å². The first kappa shape index (κ1) is 7.56. The van der Waals surface area contributed by atoms with Crippen LogP contribution in [0.3, 0.4) is 0 Å². The molecule has 1 saturated heterocycles. The summed E-state index contributed by atoms with van der Waals surface area (Å²) >= 11 is 0. The Hall–Kier alpha value is -1.08. The maximum absolute atomic E-state index is 5.46. The van der Waals surface area contributed by atoms with E-state index in [9.17, 15) is 0 Å². The van der Waals surface area contributed by atoms with Crippen molar-refractivity contribution in [1.82, 2.24) is 0 Å². The minimum atomic E-state index is 0.308. The molecule has 0 saturated carbocycles. The second-order valence-electron chi connectivity index (χ2n) is 2.96. The van der Waals surface area contributed by atoms with Gasteiger partial charge in [-0.05, 0) is 12.5 Å². The minimum absolute atomic E-state index is 0.308. The first-order valence-corrected chi connectivity index (χ1v) is 4.25. The van der Waals surface area contributed by atoms with Crippen LogP contribution >= 0.6 is 0 Å². The van der Waals surface area contributed by atoms with E-state index in [1.807, 2.05) is 31.2 Å². The molecule has 2 unspecified atom stereocenters. The Morgan fingerprint density at radius 3 is 2.67 bits per heavy atom. The second kappa shape index (κ2) is 3.11. The highest BCUT2D eigenvalue weighted by molar-refractivity contribution is 5.24. The molecule has 1 heterocycles. The van der Waals surface area contributed by atoms with Crippen LogP contribution in [0.5, 0.6) is 0 Å². The molecule has 12 heavy (non-hydrogen) atoms. The Bertz CT molecular complexity index is 276. The van der Waals surface area contributed by atoms with Crippen molar-refractivity contribution in [2.75, 3.05) is 0 Å². The van der Waals surface area contributed by atoms with Crippen molar-refractivity contribution in [3.05, 3.63) is 48.0 Å². The van der Waals surface area contributed by atoms with Gasteiger partial charge in [0.05, 0.1) is 0 Å². The lowest BCUT2D eigenvalue weighted by Crippen LogP contribution is -1.82. The molecule has 2 rings (SSSR count). The molecule has 0 aliphatic carbocycles. The molecule has 1 aromatic rings. The van der Waals surface area contributed by atoms with Crippen molar-refractivity contribution >= 4 is 0 Å². The first-order valence-electron chi connectivity index (χ1n) is 4.25. The average molecular weight is 160 g/mol. The summed E-state index contributed by atoms with van der Waals surface area (Å²) in [7, 11) is 0. The third-order valence-corrected chi connectivity index (χ3v) is 2.04.